The highest BCUT2D eigenvalue weighted by atomic mass is 16.5. The summed E-state index contributed by atoms with van der Waals surface area (Å²) in [5, 5.41) is 4.88. The van der Waals surface area contributed by atoms with Gasteiger partial charge < -0.3 is 21.1 Å². The molecule has 0 aromatic heterocycles. The van der Waals surface area contributed by atoms with Gasteiger partial charge in [0.15, 0.2) is 0 Å². The molecule has 0 unspecified atom stereocenters. The van der Waals surface area contributed by atoms with Gasteiger partial charge in [0.05, 0.1) is 12.6 Å². The highest BCUT2D eigenvalue weighted by Crippen LogP contribution is 2.15. The zero-order valence-electron chi connectivity index (χ0n) is 16.8. The standard InChI is InChI=1S/C21H27N5O4/c1-14(20(28)24-12-19(27)26-23)25-21(29)18(22)11-15-7-9-17(10-8-15)30-13-16-5-3-2-4-6-16/h2-10,14,18H,11-13,22-23H2,1H3,(H,24,28)(H,25,29)(H,26,27)/t14-,18-/m0/s1. The summed E-state index contributed by atoms with van der Waals surface area (Å²) in [4.78, 5) is 35.2. The van der Waals surface area contributed by atoms with Gasteiger partial charge in [-0.25, -0.2) is 5.84 Å². The normalized spacial score (nSPS) is 12.4. The monoisotopic (exact) mass is 413 g/mol. The maximum absolute atomic E-state index is 12.2. The topological polar surface area (TPSA) is 149 Å². The van der Waals surface area contributed by atoms with Crippen molar-refractivity contribution in [2.24, 2.45) is 11.6 Å². The molecule has 160 valence electrons. The number of carbonyl (C=O) groups is 3. The van der Waals surface area contributed by atoms with Gasteiger partial charge in [-0.05, 0) is 36.6 Å². The molecule has 2 rings (SSSR count). The molecule has 2 aromatic rings. The molecule has 3 amide bonds. The maximum Gasteiger partial charge on any atom is 0.253 e. The number of carbonyl (C=O) groups excluding carboxylic acids is 3. The molecule has 0 heterocycles. The van der Waals surface area contributed by atoms with E-state index in [-0.39, 0.29) is 6.54 Å². The molecule has 0 saturated heterocycles. The molecule has 0 spiro atoms. The van der Waals surface area contributed by atoms with E-state index in [4.69, 9.17) is 16.3 Å². The minimum atomic E-state index is -0.845. The lowest BCUT2D eigenvalue weighted by Crippen LogP contribution is -2.52. The van der Waals surface area contributed by atoms with E-state index in [2.05, 4.69) is 10.6 Å². The van der Waals surface area contributed by atoms with Crippen molar-refractivity contribution in [1.29, 1.82) is 0 Å². The lowest BCUT2D eigenvalue weighted by molar-refractivity contribution is -0.130. The number of hydrogen-bond donors (Lipinski definition) is 5. The molecule has 0 saturated carbocycles. The van der Waals surface area contributed by atoms with E-state index in [9.17, 15) is 14.4 Å². The molecule has 0 radical (unpaired) electrons. The van der Waals surface area contributed by atoms with Crippen molar-refractivity contribution >= 4 is 17.7 Å². The van der Waals surface area contributed by atoms with Crippen molar-refractivity contribution in [3.63, 3.8) is 0 Å². The summed E-state index contributed by atoms with van der Waals surface area (Å²) in [6.07, 6.45) is 0.300. The summed E-state index contributed by atoms with van der Waals surface area (Å²) in [5.74, 6) is 4.12. The fourth-order valence-corrected chi connectivity index (χ4v) is 2.57. The molecule has 30 heavy (non-hydrogen) atoms. The molecule has 9 nitrogen and oxygen atoms in total. The Morgan fingerprint density at radius 3 is 2.27 bits per heavy atom. The third kappa shape index (κ3) is 7.53. The summed E-state index contributed by atoms with van der Waals surface area (Å²) >= 11 is 0. The Morgan fingerprint density at radius 2 is 1.63 bits per heavy atom. The Bertz CT molecular complexity index is 842. The number of hydrazine groups is 1. The first-order valence-electron chi connectivity index (χ1n) is 9.48. The number of rotatable bonds is 10. The molecule has 2 aromatic carbocycles. The lowest BCUT2D eigenvalue weighted by Gasteiger charge is -2.17. The lowest BCUT2D eigenvalue weighted by atomic mass is 10.1. The first kappa shape index (κ1) is 22.9. The van der Waals surface area contributed by atoms with Gasteiger partial charge in [0, 0.05) is 0 Å². The molecule has 9 heteroatoms. The Kier molecular flexibility index (Phi) is 8.79. The largest absolute Gasteiger partial charge is 0.489 e. The Hall–Kier alpha value is -3.43. The van der Waals surface area contributed by atoms with Crippen molar-refractivity contribution in [3.8, 4) is 5.75 Å². The van der Waals surface area contributed by atoms with E-state index < -0.39 is 29.8 Å². The Morgan fingerprint density at radius 1 is 0.967 bits per heavy atom. The minimum Gasteiger partial charge on any atom is -0.489 e. The van der Waals surface area contributed by atoms with Gasteiger partial charge in [-0.2, -0.15) is 0 Å². The molecular formula is C21H27N5O4. The summed E-state index contributed by atoms with van der Waals surface area (Å²) in [7, 11) is 0. The second kappa shape index (κ2) is 11.5. The highest BCUT2D eigenvalue weighted by Gasteiger charge is 2.20. The molecule has 7 N–H and O–H groups in total. The molecule has 0 bridgehead atoms. The van der Waals surface area contributed by atoms with Crippen LogP contribution in [0, 0.1) is 0 Å². The number of hydrogen-bond acceptors (Lipinski definition) is 6. The van der Waals surface area contributed by atoms with Crippen LogP contribution in [0.15, 0.2) is 54.6 Å². The van der Waals surface area contributed by atoms with Gasteiger partial charge in [0.25, 0.3) is 5.91 Å². The second-order valence-corrected chi connectivity index (χ2v) is 6.74. The molecule has 2 atom stereocenters. The SMILES string of the molecule is C[C@H](NC(=O)[C@@H](N)Cc1ccc(OCc2ccccc2)cc1)C(=O)NCC(=O)NN. The average molecular weight is 413 g/mol. The van der Waals surface area contributed by atoms with Crippen molar-refractivity contribution in [1.82, 2.24) is 16.1 Å². The first-order valence-corrected chi connectivity index (χ1v) is 9.48. The zero-order valence-corrected chi connectivity index (χ0v) is 16.8. The number of nitrogens with two attached hydrogens (primary N) is 2. The van der Waals surface area contributed by atoms with Crippen molar-refractivity contribution in [2.75, 3.05) is 6.54 Å². The van der Waals surface area contributed by atoms with Crippen LogP contribution in [0.5, 0.6) is 5.75 Å². The third-order valence-corrected chi connectivity index (χ3v) is 4.30. The van der Waals surface area contributed by atoms with Crippen LogP contribution in [-0.4, -0.2) is 36.3 Å². The fraction of sp³-hybridized carbons (Fsp3) is 0.286. The third-order valence-electron chi connectivity index (χ3n) is 4.30. The average Bonchev–Trinajstić information content (AvgIpc) is 2.77. The molecule has 0 aliphatic heterocycles. The van der Waals surface area contributed by atoms with Crippen LogP contribution >= 0.6 is 0 Å². The summed E-state index contributed by atoms with van der Waals surface area (Å²) in [6, 6.07) is 15.5. The smallest absolute Gasteiger partial charge is 0.253 e. The van der Waals surface area contributed by atoms with Crippen LogP contribution < -0.4 is 32.4 Å². The van der Waals surface area contributed by atoms with Crippen LogP contribution in [0.2, 0.25) is 0 Å². The second-order valence-electron chi connectivity index (χ2n) is 6.74. The molecule has 0 aliphatic rings. The summed E-state index contributed by atoms with van der Waals surface area (Å²) < 4.78 is 5.74. The van der Waals surface area contributed by atoms with Crippen LogP contribution in [0.1, 0.15) is 18.1 Å². The van der Waals surface area contributed by atoms with Gasteiger partial charge in [0.1, 0.15) is 18.4 Å². The van der Waals surface area contributed by atoms with Gasteiger partial charge >= 0.3 is 0 Å². The van der Waals surface area contributed by atoms with Crippen LogP contribution in [-0.2, 0) is 27.4 Å². The van der Waals surface area contributed by atoms with Gasteiger partial charge in [-0.15, -0.1) is 0 Å². The zero-order chi connectivity index (χ0) is 21.9. The van der Waals surface area contributed by atoms with E-state index in [1.807, 2.05) is 60.0 Å². The Labute approximate surface area is 175 Å². The summed E-state index contributed by atoms with van der Waals surface area (Å²) in [5.41, 5.74) is 9.79. The number of ether oxygens (including phenoxy) is 1. The van der Waals surface area contributed by atoms with Crippen LogP contribution in [0.3, 0.4) is 0 Å². The van der Waals surface area contributed by atoms with Crippen molar-refractivity contribution in [2.45, 2.75) is 32.0 Å². The van der Waals surface area contributed by atoms with Gasteiger partial charge in [-0.3, -0.25) is 19.8 Å². The number of amides is 3. The van der Waals surface area contributed by atoms with Crippen molar-refractivity contribution in [3.05, 3.63) is 65.7 Å². The molecule has 0 aliphatic carbocycles. The predicted molar refractivity (Wildman–Crippen MR) is 112 cm³/mol. The fourth-order valence-electron chi connectivity index (χ4n) is 2.57. The van der Waals surface area contributed by atoms with E-state index >= 15 is 0 Å². The maximum atomic E-state index is 12.2. The molecule has 0 fully saturated rings. The van der Waals surface area contributed by atoms with Crippen molar-refractivity contribution < 1.29 is 19.1 Å². The van der Waals surface area contributed by atoms with Gasteiger partial charge in [0.2, 0.25) is 11.8 Å². The predicted octanol–water partition coefficient (Wildman–Crippen LogP) is -0.254. The Balaban J connectivity index is 1.78. The highest BCUT2D eigenvalue weighted by molar-refractivity contribution is 5.91. The van der Waals surface area contributed by atoms with E-state index in [0.29, 0.717) is 18.8 Å². The van der Waals surface area contributed by atoms with Crippen LogP contribution in [0.25, 0.3) is 0 Å². The van der Waals surface area contributed by atoms with E-state index in [0.717, 1.165) is 11.1 Å². The van der Waals surface area contributed by atoms with Crippen LogP contribution in [0.4, 0.5) is 0 Å². The van der Waals surface area contributed by atoms with Gasteiger partial charge in [-0.1, -0.05) is 42.5 Å². The van der Waals surface area contributed by atoms with E-state index in [1.165, 1.54) is 6.92 Å². The molecular weight excluding hydrogens is 386 g/mol. The number of nitrogens with one attached hydrogen (secondary N) is 3. The quantitative estimate of drug-likeness (QED) is 0.206. The first-order chi connectivity index (χ1) is 14.4. The number of benzene rings is 2. The van der Waals surface area contributed by atoms with E-state index in [1.54, 1.807) is 0 Å². The summed E-state index contributed by atoms with van der Waals surface area (Å²) in [6.45, 7) is 1.69. The minimum absolute atomic E-state index is 0.277.